The molecule has 0 saturated carbocycles. The Hall–Kier alpha value is -2.30. The molecule has 0 fully saturated rings. The number of aromatic nitrogens is 1. The minimum Gasteiger partial charge on any atom is -0.494 e. The third kappa shape index (κ3) is 2.93. The summed E-state index contributed by atoms with van der Waals surface area (Å²) in [6, 6.07) is 6.34. The summed E-state index contributed by atoms with van der Waals surface area (Å²) in [5.41, 5.74) is 0.257. The van der Waals surface area contributed by atoms with Crippen LogP contribution in [0.2, 0.25) is 0 Å². The van der Waals surface area contributed by atoms with Crippen LogP contribution in [0.3, 0.4) is 0 Å². The van der Waals surface area contributed by atoms with E-state index in [9.17, 15) is 13.6 Å². The summed E-state index contributed by atoms with van der Waals surface area (Å²) in [6.45, 7) is 0. The van der Waals surface area contributed by atoms with Crippen LogP contribution in [0.25, 0.3) is 0 Å². The zero-order chi connectivity index (χ0) is 13.8. The van der Waals surface area contributed by atoms with Crippen LogP contribution in [0.15, 0.2) is 36.5 Å². The molecule has 0 spiro atoms. The predicted molar refractivity (Wildman–Crippen MR) is 65.2 cm³/mol. The van der Waals surface area contributed by atoms with Gasteiger partial charge >= 0.3 is 0 Å². The van der Waals surface area contributed by atoms with E-state index in [1.165, 1.54) is 19.4 Å². The van der Waals surface area contributed by atoms with Crippen LogP contribution >= 0.6 is 0 Å². The number of carbonyl (C=O) groups excluding carboxylic acids is 1. The highest BCUT2D eigenvalue weighted by Gasteiger charge is 2.16. The Labute approximate surface area is 108 Å². The number of hydrogen-bond acceptors (Lipinski definition) is 3. The zero-order valence-corrected chi connectivity index (χ0v) is 10.2. The highest BCUT2D eigenvalue weighted by molar-refractivity contribution is 5.98. The van der Waals surface area contributed by atoms with Gasteiger partial charge in [-0.25, -0.2) is 13.8 Å². The van der Waals surface area contributed by atoms with Gasteiger partial charge in [0, 0.05) is 18.7 Å². The first-order chi connectivity index (χ1) is 9.11. The Kier molecular flexibility index (Phi) is 3.85. The Morgan fingerprint density at radius 2 is 2.11 bits per heavy atom. The Bertz CT molecular complexity index is 614. The van der Waals surface area contributed by atoms with Crippen molar-refractivity contribution < 1.29 is 18.3 Å². The van der Waals surface area contributed by atoms with Crippen molar-refractivity contribution in [1.29, 1.82) is 0 Å². The molecule has 0 aliphatic heterocycles. The molecule has 0 bridgehead atoms. The van der Waals surface area contributed by atoms with Crippen LogP contribution in [0, 0.1) is 11.6 Å². The minimum absolute atomic E-state index is 0.124. The van der Waals surface area contributed by atoms with Gasteiger partial charge in [0.05, 0.1) is 7.11 Å². The van der Waals surface area contributed by atoms with Crippen molar-refractivity contribution in [3.8, 4) is 5.75 Å². The number of nitrogens with zero attached hydrogens (tertiary/aromatic N) is 1. The van der Waals surface area contributed by atoms with E-state index in [-0.39, 0.29) is 23.5 Å². The highest BCUT2D eigenvalue weighted by Crippen LogP contribution is 2.18. The molecular weight excluding hydrogens is 252 g/mol. The van der Waals surface area contributed by atoms with Gasteiger partial charge in [0.15, 0.2) is 5.78 Å². The van der Waals surface area contributed by atoms with E-state index in [0.717, 1.165) is 12.1 Å². The number of carbonyl (C=O) groups is 1. The van der Waals surface area contributed by atoms with Crippen molar-refractivity contribution >= 4 is 5.78 Å². The summed E-state index contributed by atoms with van der Waals surface area (Å²) in [4.78, 5) is 15.9. The molecule has 0 atom stereocenters. The van der Waals surface area contributed by atoms with E-state index in [4.69, 9.17) is 4.74 Å². The first-order valence-corrected chi connectivity index (χ1v) is 5.58. The van der Waals surface area contributed by atoms with Gasteiger partial charge in [0.2, 0.25) is 0 Å². The van der Waals surface area contributed by atoms with E-state index in [2.05, 4.69) is 4.98 Å². The maximum absolute atomic E-state index is 13.5. The maximum Gasteiger partial charge on any atom is 0.189 e. The zero-order valence-electron chi connectivity index (χ0n) is 10.2. The lowest BCUT2D eigenvalue weighted by atomic mass is 10.1. The molecule has 0 aliphatic carbocycles. The summed E-state index contributed by atoms with van der Waals surface area (Å²) in [6.07, 6.45) is 1.26. The second-order valence-corrected chi connectivity index (χ2v) is 3.89. The average Bonchev–Trinajstić information content (AvgIpc) is 2.41. The number of halogens is 2. The van der Waals surface area contributed by atoms with Crippen molar-refractivity contribution in [1.82, 2.24) is 4.98 Å². The second-order valence-electron chi connectivity index (χ2n) is 3.89. The van der Waals surface area contributed by atoms with Crippen LogP contribution < -0.4 is 4.74 Å². The maximum atomic E-state index is 13.5. The lowest BCUT2D eigenvalue weighted by Crippen LogP contribution is -2.09. The van der Waals surface area contributed by atoms with Gasteiger partial charge in [-0.2, -0.15) is 0 Å². The van der Waals surface area contributed by atoms with Crippen molar-refractivity contribution in [3.05, 3.63) is 59.4 Å². The van der Waals surface area contributed by atoms with E-state index in [0.29, 0.717) is 5.75 Å². The largest absolute Gasteiger partial charge is 0.494 e. The van der Waals surface area contributed by atoms with E-state index in [1.807, 2.05) is 0 Å². The van der Waals surface area contributed by atoms with Gasteiger partial charge in [0.25, 0.3) is 0 Å². The normalized spacial score (nSPS) is 10.3. The SMILES string of the molecule is COc1cccnc1C(=O)Cc1ccc(F)cc1F. The summed E-state index contributed by atoms with van der Waals surface area (Å²) in [5, 5.41) is 0. The summed E-state index contributed by atoms with van der Waals surface area (Å²) in [7, 11) is 1.42. The molecule has 5 heteroatoms. The van der Waals surface area contributed by atoms with Gasteiger partial charge in [-0.15, -0.1) is 0 Å². The quantitative estimate of drug-likeness (QED) is 0.796. The molecule has 0 amide bonds. The fourth-order valence-corrected chi connectivity index (χ4v) is 1.69. The molecule has 1 heterocycles. The molecule has 1 aromatic heterocycles. The molecule has 98 valence electrons. The third-order valence-corrected chi connectivity index (χ3v) is 2.62. The van der Waals surface area contributed by atoms with Crippen molar-refractivity contribution in [3.63, 3.8) is 0 Å². The second kappa shape index (κ2) is 5.56. The minimum atomic E-state index is -0.747. The lowest BCUT2D eigenvalue weighted by Gasteiger charge is -2.06. The summed E-state index contributed by atoms with van der Waals surface area (Å²) < 4.78 is 31.3. The van der Waals surface area contributed by atoms with E-state index < -0.39 is 11.6 Å². The molecule has 19 heavy (non-hydrogen) atoms. The van der Waals surface area contributed by atoms with Crippen LogP contribution in [-0.4, -0.2) is 17.9 Å². The van der Waals surface area contributed by atoms with Gasteiger partial charge in [-0.3, -0.25) is 4.79 Å². The van der Waals surface area contributed by atoms with Gasteiger partial charge < -0.3 is 4.74 Å². The molecule has 2 rings (SSSR count). The Morgan fingerprint density at radius 1 is 1.32 bits per heavy atom. The van der Waals surface area contributed by atoms with Gasteiger partial charge in [0.1, 0.15) is 23.1 Å². The molecule has 2 aromatic rings. The van der Waals surface area contributed by atoms with Crippen LogP contribution in [-0.2, 0) is 6.42 Å². The monoisotopic (exact) mass is 263 g/mol. The number of ether oxygens (including phenoxy) is 1. The topological polar surface area (TPSA) is 39.2 Å². The van der Waals surface area contributed by atoms with Crippen LogP contribution in [0.4, 0.5) is 8.78 Å². The molecule has 0 N–H and O–H groups in total. The Balaban J connectivity index is 2.26. The number of pyridine rings is 1. The standard InChI is InChI=1S/C14H11F2NO2/c1-19-13-3-2-6-17-14(13)12(18)7-9-4-5-10(15)8-11(9)16/h2-6,8H,7H2,1H3. The van der Waals surface area contributed by atoms with Crippen LogP contribution in [0.1, 0.15) is 16.1 Å². The first kappa shape index (κ1) is 13.1. The van der Waals surface area contributed by atoms with Crippen molar-refractivity contribution in [2.45, 2.75) is 6.42 Å². The highest BCUT2D eigenvalue weighted by atomic mass is 19.1. The molecule has 1 aromatic carbocycles. The lowest BCUT2D eigenvalue weighted by molar-refractivity contribution is 0.0983. The van der Waals surface area contributed by atoms with E-state index in [1.54, 1.807) is 12.1 Å². The Morgan fingerprint density at radius 3 is 2.79 bits per heavy atom. The van der Waals surface area contributed by atoms with Gasteiger partial charge in [-0.1, -0.05) is 6.07 Å². The van der Waals surface area contributed by atoms with Crippen molar-refractivity contribution in [2.24, 2.45) is 0 Å². The van der Waals surface area contributed by atoms with Gasteiger partial charge in [-0.05, 0) is 23.8 Å². The summed E-state index contributed by atoms with van der Waals surface area (Å²) >= 11 is 0. The smallest absolute Gasteiger partial charge is 0.189 e. The van der Waals surface area contributed by atoms with Crippen molar-refractivity contribution in [2.75, 3.05) is 7.11 Å². The summed E-state index contributed by atoms with van der Waals surface area (Å²) in [5.74, 6) is -1.48. The number of benzene rings is 1. The molecule has 3 nitrogen and oxygen atoms in total. The predicted octanol–water partition coefficient (Wildman–Crippen LogP) is 2.79. The molecule has 0 unspecified atom stereocenters. The number of ketones is 1. The molecule has 0 radical (unpaired) electrons. The average molecular weight is 263 g/mol. The molecular formula is C14H11F2NO2. The molecule has 0 saturated heterocycles. The number of methoxy groups -OCH3 is 1. The number of hydrogen-bond donors (Lipinski definition) is 0. The first-order valence-electron chi connectivity index (χ1n) is 5.58. The fraction of sp³-hybridized carbons (Fsp3) is 0.143. The van der Waals surface area contributed by atoms with E-state index >= 15 is 0 Å². The third-order valence-electron chi connectivity index (χ3n) is 2.62. The number of rotatable bonds is 4. The number of Topliss-reactive ketones (excluding diaryl/α,β-unsaturated/α-hetero) is 1. The van der Waals surface area contributed by atoms with Crippen LogP contribution in [0.5, 0.6) is 5.75 Å². The molecule has 0 aliphatic rings. The fourth-order valence-electron chi connectivity index (χ4n) is 1.69.